The molecule has 0 spiro atoms. The summed E-state index contributed by atoms with van der Waals surface area (Å²) in [7, 11) is 0. The maximum absolute atomic E-state index is 11.8. The Morgan fingerprint density at radius 3 is 2.00 bits per heavy atom. The van der Waals surface area contributed by atoms with Crippen LogP contribution >= 0.6 is 11.6 Å². The molecule has 0 bridgehead atoms. The number of rotatable bonds is 6. The van der Waals surface area contributed by atoms with Crippen LogP contribution in [0.15, 0.2) is 30.3 Å². The first-order valence-corrected chi connectivity index (χ1v) is 8.81. The molecule has 2 aromatic carbocycles. The maximum atomic E-state index is 11.8. The Bertz CT molecular complexity index is 829. The molecular weight excluding hydrogens is 368 g/mol. The summed E-state index contributed by atoms with van der Waals surface area (Å²) in [6.07, 6.45) is 0. The molecule has 0 heterocycles. The van der Waals surface area contributed by atoms with E-state index in [1.807, 2.05) is 45.9 Å². The number of hydrogen-bond acceptors (Lipinski definition) is 4. The van der Waals surface area contributed by atoms with E-state index in [-0.39, 0.29) is 13.2 Å². The minimum atomic E-state index is -0.486. The molecule has 27 heavy (non-hydrogen) atoms. The van der Waals surface area contributed by atoms with Crippen LogP contribution in [0.2, 0.25) is 5.02 Å². The number of hydrazine groups is 1. The summed E-state index contributed by atoms with van der Waals surface area (Å²) in [5.74, 6) is 0.213. The van der Waals surface area contributed by atoms with Gasteiger partial charge in [-0.05, 0) is 68.1 Å². The molecule has 0 saturated heterocycles. The Hall–Kier alpha value is -2.73. The third-order valence-electron chi connectivity index (χ3n) is 3.82. The summed E-state index contributed by atoms with van der Waals surface area (Å²) in [4.78, 5) is 23.6. The van der Waals surface area contributed by atoms with Crippen molar-refractivity contribution in [2.75, 3.05) is 13.2 Å². The lowest BCUT2D eigenvalue weighted by molar-refractivity contribution is -0.131. The first-order chi connectivity index (χ1) is 12.8. The Morgan fingerprint density at radius 1 is 0.852 bits per heavy atom. The van der Waals surface area contributed by atoms with Crippen molar-refractivity contribution < 1.29 is 19.1 Å². The number of carbonyl (C=O) groups is 2. The number of benzene rings is 2. The molecule has 0 aliphatic rings. The highest BCUT2D eigenvalue weighted by molar-refractivity contribution is 6.32. The predicted octanol–water partition coefficient (Wildman–Crippen LogP) is 3.18. The highest BCUT2D eigenvalue weighted by Gasteiger charge is 2.09. The topological polar surface area (TPSA) is 76.7 Å². The second-order valence-corrected chi connectivity index (χ2v) is 6.69. The second-order valence-electron chi connectivity index (χ2n) is 6.31. The molecular formula is C20H23ClN2O4. The third kappa shape index (κ3) is 6.18. The van der Waals surface area contributed by atoms with E-state index >= 15 is 0 Å². The summed E-state index contributed by atoms with van der Waals surface area (Å²) in [5.41, 5.74) is 8.27. The van der Waals surface area contributed by atoms with Crippen LogP contribution < -0.4 is 20.3 Å². The van der Waals surface area contributed by atoms with Crippen molar-refractivity contribution in [3.63, 3.8) is 0 Å². The second kappa shape index (κ2) is 9.28. The quantitative estimate of drug-likeness (QED) is 0.743. The minimum absolute atomic E-state index is 0.207. The van der Waals surface area contributed by atoms with Crippen LogP contribution in [-0.2, 0) is 9.59 Å². The van der Waals surface area contributed by atoms with Gasteiger partial charge in [-0.1, -0.05) is 23.7 Å². The van der Waals surface area contributed by atoms with Crippen LogP contribution in [-0.4, -0.2) is 25.0 Å². The van der Waals surface area contributed by atoms with Crippen molar-refractivity contribution in [1.29, 1.82) is 0 Å². The van der Waals surface area contributed by atoms with Crippen LogP contribution in [0.25, 0.3) is 0 Å². The van der Waals surface area contributed by atoms with E-state index in [1.165, 1.54) is 0 Å². The first kappa shape index (κ1) is 20.6. The number of amides is 2. The predicted molar refractivity (Wildman–Crippen MR) is 104 cm³/mol. The van der Waals surface area contributed by atoms with E-state index in [2.05, 4.69) is 10.9 Å². The summed E-state index contributed by atoms with van der Waals surface area (Å²) >= 11 is 6.10. The molecule has 2 aromatic rings. The maximum Gasteiger partial charge on any atom is 0.276 e. The Labute approximate surface area is 163 Å². The normalized spacial score (nSPS) is 10.3. The van der Waals surface area contributed by atoms with Gasteiger partial charge in [0.2, 0.25) is 0 Å². The standard InChI is InChI=1S/C20H23ClN2O4/c1-12-5-6-13(2)17(7-12)27-11-19(25)23-22-18(24)10-26-16-8-14(3)20(21)15(4)9-16/h5-9H,10-11H2,1-4H3,(H,22,24)(H,23,25). The van der Waals surface area contributed by atoms with Gasteiger partial charge in [-0.25, -0.2) is 0 Å². The minimum Gasteiger partial charge on any atom is -0.484 e. The van der Waals surface area contributed by atoms with Gasteiger partial charge >= 0.3 is 0 Å². The largest absolute Gasteiger partial charge is 0.484 e. The van der Waals surface area contributed by atoms with Gasteiger partial charge in [-0.3, -0.25) is 20.4 Å². The van der Waals surface area contributed by atoms with Crippen molar-refractivity contribution in [1.82, 2.24) is 10.9 Å². The van der Waals surface area contributed by atoms with Crippen LogP contribution in [0.4, 0.5) is 0 Å². The number of halogens is 1. The van der Waals surface area contributed by atoms with Crippen LogP contribution in [0.3, 0.4) is 0 Å². The number of aryl methyl sites for hydroxylation is 4. The number of nitrogens with one attached hydrogen (secondary N) is 2. The average Bonchev–Trinajstić information content (AvgIpc) is 2.63. The lowest BCUT2D eigenvalue weighted by atomic mass is 10.1. The van der Waals surface area contributed by atoms with Gasteiger partial charge in [0.1, 0.15) is 11.5 Å². The number of hydrogen-bond donors (Lipinski definition) is 2. The summed E-state index contributed by atoms with van der Waals surface area (Å²) in [6, 6.07) is 9.23. The van der Waals surface area contributed by atoms with Gasteiger partial charge in [0, 0.05) is 5.02 Å². The van der Waals surface area contributed by atoms with E-state index in [9.17, 15) is 9.59 Å². The van der Waals surface area contributed by atoms with Crippen molar-refractivity contribution >= 4 is 23.4 Å². The van der Waals surface area contributed by atoms with Crippen molar-refractivity contribution in [2.45, 2.75) is 27.7 Å². The molecule has 0 aromatic heterocycles. The van der Waals surface area contributed by atoms with Gasteiger partial charge in [-0.15, -0.1) is 0 Å². The summed E-state index contributed by atoms with van der Waals surface area (Å²) in [6.45, 7) is 7.11. The molecule has 0 aliphatic carbocycles. The SMILES string of the molecule is Cc1ccc(C)c(OCC(=O)NNC(=O)COc2cc(C)c(Cl)c(C)c2)c1. The average molecular weight is 391 g/mol. The van der Waals surface area contributed by atoms with Gasteiger partial charge in [0.05, 0.1) is 0 Å². The fraction of sp³-hybridized carbons (Fsp3) is 0.300. The molecule has 0 atom stereocenters. The van der Waals surface area contributed by atoms with E-state index in [0.717, 1.165) is 22.3 Å². The fourth-order valence-corrected chi connectivity index (χ4v) is 2.47. The fourth-order valence-electron chi connectivity index (χ4n) is 2.36. The number of carbonyl (C=O) groups excluding carboxylic acids is 2. The first-order valence-electron chi connectivity index (χ1n) is 8.43. The Balaban J connectivity index is 1.75. The van der Waals surface area contributed by atoms with Crippen LogP contribution in [0.5, 0.6) is 11.5 Å². The van der Waals surface area contributed by atoms with E-state index in [0.29, 0.717) is 16.5 Å². The lowest BCUT2D eigenvalue weighted by Crippen LogP contribution is -2.45. The highest BCUT2D eigenvalue weighted by atomic mass is 35.5. The van der Waals surface area contributed by atoms with Gasteiger partial charge in [0.25, 0.3) is 11.8 Å². The molecule has 0 radical (unpaired) electrons. The molecule has 2 rings (SSSR count). The molecule has 2 amide bonds. The van der Waals surface area contributed by atoms with Crippen LogP contribution in [0, 0.1) is 27.7 Å². The third-order valence-corrected chi connectivity index (χ3v) is 4.42. The Kier molecular flexibility index (Phi) is 7.07. The molecule has 0 fully saturated rings. The van der Waals surface area contributed by atoms with Crippen molar-refractivity contribution in [3.05, 3.63) is 57.6 Å². The zero-order valence-corrected chi connectivity index (χ0v) is 16.6. The van der Waals surface area contributed by atoms with E-state index in [4.69, 9.17) is 21.1 Å². The monoisotopic (exact) mass is 390 g/mol. The van der Waals surface area contributed by atoms with Gasteiger partial charge in [-0.2, -0.15) is 0 Å². The van der Waals surface area contributed by atoms with E-state index < -0.39 is 11.8 Å². The van der Waals surface area contributed by atoms with Crippen molar-refractivity contribution in [3.8, 4) is 11.5 Å². The summed E-state index contributed by atoms with van der Waals surface area (Å²) < 4.78 is 10.9. The molecule has 7 heteroatoms. The van der Waals surface area contributed by atoms with Crippen LogP contribution in [0.1, 0.15) is 22.3 Å². The molecule has 2 N–H and O–H groups in total. The molecule has 0 aliphatic heterocycles. The Morgan fingerprint density at radius 2 is 1.41 bits per heavy atom. The molecule has 144 valence electrons. The lowest BCUT2D eigenvalue weighted by Gasteiger charge is -2.12. The zero-order chi connectivity index (χ0) is 20.0. The summed E-state index contributed by atoms with van der Waals surface area (Å²) in [5, 5.41) is 0.669. The molecule has 0 unspecified atom stereocenters. The smallest absolute Gasteiger partial charge is 0.276 e. The molecule has 6 nitrogen and oxygen atoms in total. The number of ether oxygens (including phenoxy) is 2. The zero-order valence-electron chi connectivity index (χ0n) is 15.8. The molecule has 0 saturated carbocycles. The highest BCUT2D eigenvalue weighted by Crippen LogP contribution is 2.25. The van der Waals surface area contributed by atoms with E-state index in [1.54, 1.807) is 12.1 Å². The van der Waals surface area contributed by atoms with Gasteiger partial charge in [0.15, 0.2) is 13.2 Å². The van der Waals surface area contributed by atoms with Crippen molar-refractivity contribution in [2.24, 2.45) is 0 Å². The van der Waals surface area contributed by atoms with Gasteiger partial charge < -0.3 is 9.47 Å².